The van der Waals surface area contributed by atoms with Crippen LogP contribution in [-0.2, 0) is 11.2 Å². The second-order valence-electron chi connectivity index (χ2n) is 6.73. The van der Waals surface area contributed by atoms with Gasteiger partial charge in [0, 0.05) is 31.2 Å². The molecule has 5 nitrogen and oxygen atoms in total. The summed E-state index contributed by atoms with van der Waals surface area (Å²) >= 11 is 0. The molecule has 0 radical (unpaired) electrons. The van der Waals surface area contributed by atoms with Gasteiger partial charge in [-0.2, -0.15) is 0 Å². The number of morpholine rings is 1. The molecule has 2 aromatic rings. The first kappa shape index (κ1) is 19.4. The monoisotopic (exact) mass is 368 g/mol. The summed E-state index contributed by atoms with van der Waals surface area (Å²) in [6.07, 6.45) is 0.807. The molecule has 1 N–H and O–H groups in total. The van der Waals surface area contributed by atoms with E-state index < -0.39 is 0 Å². The molecule has 1 aliphatic heterocycles. The van der Waals surface area contributed by atoms with E-state index in [0.29, 0.717) is 12.2 Å². The Labute approximate surface area is 161 Å². The lowest BCUT2D eigenvalue weighted by Crippen LogP contribution is -2.48. The summed E-state index contributed by atoms with van der Waals surface area (Å²) in [4.78, 5) is 15.1. The second kappa shape index (κ2) is 10.1. The largest absolute Gasteiger partial charge is 0.494 e. The van der Waals surface area contributed by atoms with E-state index in [1.54, 1.807) is 0 Å². The summed E-state index contributed by atoms with van der Waals surface area (Å²) in [6, 6.07) is 17.7. The number of hydrogen-bond donors (Lipinski definition) is 1. The maximum Gasteiger partial charge on any atom is 0.251 e. The highest BCUT2D eigenvalue weighted by Gasteiger charge is 2.19. The van der Waals surface area contributed by atoms with E-state index in [-0.39, 0.29) is 11.9 Å². The van der Waals surface area contributed by atoms with E-state index in [0.717, 1.165) is 45.0 Å². The first-order chi connectivity index (χ1) is 13.2. The van der Waals surface area contributed by atoms with Crippen LogP contribution < -0.4 is 10.1 Å². The highest BCUT2D eigenvalue weighted by Crippen LogP contribution is 2.13. The van der Waals surface area contributed by atoms with Crippen LogP contribution in [0.15, 0.2) is 54.6 Å². The van der Waals surface area contributed by atoms with Gasteiger partial charge in [-0.15, -0.1) is 0 Å². The van der Waals surface area contributed by atoms with E-state index in [1.807, 2.05) is 49.4 Å². The molecule has 27 heavy (non-hydrogen) atoms. The summed E-state index contributed by atoms with van der Waals surface area (Å²) in [5.41, 5.74) is 1.88. The average molecular weight is 368 g/mol. The van der Waals surface area contributed by atoms with E-state index in [2.05, 4.69) is 22.3 Å². The molecule has 1 heterocycles. The van der Waals surface area contributed by atoms with E-state index in [1.165, 1.54) is 5.56 Å². The molecule has 1 fully saturated rings. The Morgan fingerprint density at radius 1 is 1.11 bits per heavy atom. The summed E-state index contributed by atoms with van der Waals surface area (Å²) in [7, 11) is 0. The van der Waals surface area contributed by atoms with Crippen molar-refractivity contribution in [3.05, 3.63) is 65.7 Å². The minimum Gasteiger partial charge on any atom is -0.494 e. The van der Waals surface area contributed by atoms with Crippen LogP contribution in [0.5, 0.6) is 5.75 Å². The lowest BCUT2D eigenvalue weighted by Gasteiger charge is -2.31. The Morgan fingerprint density at radius 2 is 1.81 bits per heavy atom. The maximum absolute atomic E-state index is 12.8. The number of amides is 1. The number of carbonyl (C=O) groups is 1. The molecule has 3 rings (SSSR count). The highest BCUT2D eigenvalue weighted by molar-refractivity contribution is 5.94. The third-order valence-electron chi connectivity index (χ3n) is 4.67. The van der Waals surface area contributed by atoms with Crippen LogP contribution in [0, 0.1) is 0 Å². The van der Waals surface area contributed by atoms with Gasteiger partial charge in [0.25, 0.3) is 5.91 Å². The number of nitrogens with one attached hydrogen (secondary N) is 1. The molecule has 2 aromatic carbocycles. The van der Waals surface area contributed by atoms with Crippen molar-refractivity contribution in [2.24, 2.45) is 0 Å². The zero-order valence-electron chi connectivity index (χ0n) is 15.9. The molecule has 1 saturated heterocycles. The Kier molecular flexibility index (Phi) is 7.25. The molecular weight excluding hydrogens is 340 g/mol. The van der Waals surface area contributed by atoms with Crippen molar-refractivity contribution in [3.63, 3.8) is 0 Å². The zero-order chi connectivity index (χ0) is 18.9. The van der Waals surface area contributed by atoms with Gasteiger partial charge in [0.2, 0.25) is 0 Å². The van der Waals surface area contributed by atoms with Gasteiger partial charge in [-0.3, -0.25) is 9.69 Å². The molecule has 1 aliphatic rings. The number of benzene rings is 2. The molecule has 0 aromatic heterocycles. The third-order valence-corrected chi connectivity index (χ3v) is 4.67. The molecule has 1 atom stereocenters. The average Bonchev–Trinajstić information content (AvgIpc) is 2.70. The molecule has 5 heteroatoms. The number of nitrogens with zero attached hydrogens (tertiary/aromatic N) is 1. The van der Waals surface area contributed by atoms with E-state index in [9.17, 15) is 4.79 Å². The second-order valence-corrected chi connectivity index (χ2v) is 6.73. The lowest BCUT2D eigenvalue weighted by atomic mass is 10.0. The van der Waals surface area contributed by atoms with Crippen molar-refractivity contribution in [2.75, 3.05) is 39.5 Å². The summed E-state index contributed by atoms with van der Waals surface area (Å²) < 4.78 is 10.9. The van der Waals surface area contributed by atoms with Crippen LogP contribution in [0.1, 0.15) is 22.8 Å². The lowest BCUT2D eigenvalue weighted by molar-refractivity contribution is 0.0333. The maximum atomic E-state index is 12.8. The molecule has 0 aliphatic carbocycles. The Hall–Kier alpha value is -2.37. The summed E-state index contributed by atoms with van der Waals surface area (Å²) in [5.74, 6) is 0.732. The number of hydrogen-bond acceptors (Lipinski definition) is 4. The van der Waals surface area contributed by atoms with Gasteiger partial charge < -0.3 is 14.8 Å². The first-order valence-electron chi connectivity index (χ1n) is 9.62. The quantitative estimate of drug-likeness (QED) is 0.778. The van der Waals surface area contributed by atoms with Gasteiger partial charge in [-0.1, -0.05) is 30.3 Å². The highest BCUT2D eigenvalue weighted by atomic mass is 16.5. The summed E-state index contributed by atoms with van der Waals surface area (Å²) in [6.45, 7) is 6.70. The number of carbonyl (C=O) groups excluding carboxylic acids is 1. The van der Waals surface area contributed by atoms with Crippen molar-refractivity contribution >= 4 is 5.91 Å². The van der Waals surface area contributed by atoms with Gasteiger partial charge in [-0.05, 0) is 43.2 Å². The topological polar surface area (TPSA) is 50.8 Å². The molecule has 144 valence electrons. The van der Waals surface area contributed by atoms with Gasteiger partial charge >= 0.3 is 0 Å². The Morgan fingerprint density at radius 3 is 2.48 bits per heavy atom. The van der Waals surface area contributed by atoms with Crippen LogP contribution in [0.25, 0.3) is 0 Å². The van der Waals surface area contributed by atoms with Crippen molar-refractivity contribution < 1.29 is 14.3 Å². The first-order valence-corrected chi connectivity index (χ1v) is 9.62. The summed E-state index contributed by atoms with van der Waals surface area (Å²) in [5, 5.41) is 3.22. The Bertz CT molecular complexity index is 697. The van der Waals surface area contributed by atoms with Gasteiger partial charge in [0.1, 0.15) is 5.75 Å². The van der Waals surface area contributed by atoms with Crippen LogP contribution in [0.2, 0.25) is 0 Å². The molecule has 0 saturated carbocycles. The zero-order valence-corrected chi connectivity index (χ0v) is 15.9. The SMILES string of the molecule is CCOc1ccc(C(=O)NC(Cc2ccccc2)CN2CCOCC2)cc1. The number of ether oxygens (including phenoxy) is 2. The van der Waals surface area contributed by atoms with Crippen LogP contribution in [0.3, 0.4) is 0 Å². The van der Waals surface area contributed by atoms with Crippen LogP contribution >= 0.6 is 0 Å². The minimum atomic E-state index is -0.0489. The minimum absolute atomic E-state index is 0.0459. The van der Waals surface area contributed by atoms with Crippen molar-refractivity contribution in [2.45, 2.75) is 19.4 Å². The van der Waals surface area contributed by atoms with Crippen molar-refractivity contribution in [1.29, 1.82) is 0 Å². The van der Waals surface area contributed by atoms with Crippen molar-refractivity contribution in [1.82, 2.24) is 10.2 Å². The molecule has 0 spiro atoms. The smallest absolute Gasteiger partial charge is 0.251 e. The molecule has 0 bridgehead atoms. The predicted octanol–water partition coefficient (Wildman–Crippen LogP) is 2.76. The fraction of sp³-hybridized carbons (Fsp3) is 0.409. The Balaban J connectivity index is 1.66. The van der Waals surface area contributed by atoms with Gasteiger partial charge in [-0.25, -0.2) is 0 Å². The third kappa shape index (κ3) is 6.08. The van der Waals surface area contributed by atoms with Crippen molar-refractivity contribution in [3.8, 4) is 5.75 Å². The fourth-order valence-electron chi connectivity index (χ4n) is 3.29. The van der Waals surface area contributed by atoms with Gasteiger partial charge in [0.15, 0.2) is 0 Å². The van der Waals surface area contributed by atoms with Crippen LogP contribution in [-0.4, -0.2) is 56.3 Å². The molecule has 1 amide bonds. The van der Waals surface area contributed by atoms with Gasteiger partial charge in [0.05, 0.1) is 19.8 Å². The van der Waals surface area contributed by atoms with E-state index >= 15 is 0 Å². The normalized spacial score (nSPS) is 15.9. The molecule has 1 unspecified atom stereocenters. The molecular formula is C22H28N2O3. The fourth-order valence-corrected chi connectivity index (χ4v) is 3.29. The predicted molar refractivity (Wildman–Crippen MR) is 106 cm³/mol. The number of rotatable bonds is 8. The standard InChI is InChI=1S/C22H28N2O3/c1-2-27-21-10-8-19(9-11-21)22(25)23-20(16-18-6-4-3-5-7-18)17-24-12-14-26-15-13-24/h3-11,20H,2,12-17H2,1H3,(H,23,25). The van der Waals surface area contributed by atoms with E-state index in [4.69, 9.17) is 9.47 Å². The van der Waals surface area contributed by atoms with Crippen LogP contribution in [0.4, 0.5) is 0 Å².